The number of aromatic amines is 1. The van der Waals surface area contributed by atoms with E-state index in [1.54, 1.807) is 18.3 Å². The third kappa shape index (κ3) is 6.27. The molecule has 0 saturated heterocycles. The molecule has 7 N–H and O–H groups in total. The summed E-state index contributed by atoms with van der Waals surface area (Å²) in [5.41, 5.74) is 8.04. The third-order valence-electron chi connectivity index (χ3n) is 5.26. The fourth-order valence-corrected chi connectivity index (χ4v) is 3.60. The summed E-state index contributed by atoms with van der Waals surface area (Å²) < 4.78 is 0. The Hall–Kier alpha value is -3.50. The number of benzene rings is 2. The van der Waals surface area contributed by atoms with E-state index in [0.717, 1.165) is 16.5 Å². The molecule has 33 heavy (non-hydrogen) atoms. The van der Waals surface area contributed by atoms with Gasteiger partial charge in [0.1, 0.15) is 17.8 Å². The lowest BCUT2D eigenvalue weighted by molar-refractivity contribution is -0.142. The van der Waals surface area contributed by atoms with Crippen LogP contribution >= 0.6 is 12.6 Å². The Morgan fingerprint density at radius 3 is 2.30 bits per heavy atom. The molecule has 0 spiro atoms. The van der Waals surface area contributed by atoms with Crippen molar-refractivity contribution in [1.82, 2.24) is 15.6 Å². The van der Waals surface area contributed by atoms with E-state index in [2.05, 4.69) is 28.2 Å². The highest BCUT2D eigenvalue weighted by Gasteiger charge is 2.28. The Kier molecular flexibility index (Phi) is 7.96. The summed E-state index contributed by atoms with van der Waals surface area (Å²) >= 11 is 4.02. The maximum Gasteiger partial charge on any atom is 0.326 e. The molecule has 0 fully saturated rings. The number of nitrogens with one attached hydrogen (secondary N) is 3. The van der Waals surface area contributed by atoms with Crippen LogP contribution in [0.4, 0.5) is 0 Å². The number of carbonyl (C=O) groups is 3. The lowest BCUT2D eigenvalue weighted by Crippen LogP contribution is -2.55. The van der Waals surface area contributed by atoms with E-state index in [0.29, 0.717) is 5.56 Å². The van der Waals surface area contributed by atoms with E-state index in [4.69, 9.17) is 5.73 Å². The van der Waals surface area contributed by atoms with Crippen LogP contribution < -0.4 is 16.4 Å². The number of phenolic OH excluding ortho intramolecular Hbond substituents is 1. The van der Waals surface area contributed by atoms with E-state index in [1.807, 2.05) is 24.3 Å². The monoisotopic (exact) mass is 470 g/mol. The Morgan fingerprint density at radius 2 is 1.64 bits per heavy atom. The van der Waals surface area contributed by atoms with Gasteiger partial charge in [0, 0.05) is 35.7 Å². The molecule has 10 heteroatoms. The predicted molar refractivity (Wildman–Crippen MR) is 127 cm³/mol. The molecular weight excluding hydrogens is 444 g/mol. The fourth-order valence-electron chi connectivity index (χ4n) is 3.43. The molecule has 2 aromatic carbocycles. The molecule has 3 aromatic rings. The first-order valence-corrected chi connectivity index (χ1v) is 10.9. The second kappa shape index (κ2) is 10.9. The van der Waals surface area contributed by atoms with E-state index in [9.17, 15) is 24.6 Å². The number of aromatic nitrogens is 1. The highest BCUT2D eigenvalue weighted by atomic mass is 32.1. The average molecular weight is 471 g/mol. The van der Waals surface area contributed by atoms with Crippen LogP contribution in [0.25, 0.3) is 10.9 Å². The van der Waals surface area contributed by atoms with Crippen molar-refractivity contribution in [2.75, 3.05) is 5.75 Å². The summed E-state index contributed by atoms with van der Waals surface area (Å²) in [6.45, 7) is 0. The average Bonchev–Trinajstić information content (AvgIpc) is 3.21. The number of fused-ring (bicyclic) bond motifs is 1. The minimum Gasteiger partial charge on any atom is -0.508 e. The number of H-pyrrole nitrogens is 1. The van der Waals surface area contributed by atoms with Crippen LogP contribution in [0.1, 0.15) is 11.1 Å². The molecule has 3 atom stereocenters. The van der Waals surface area contributed by atoms with Gasteiger partial charge < -0.3 is 31.6 Å². The van der Waals surface area contributed by atoms with E-state index in [-0.39, 0.29) is 24.3 Å². The molecule has 1 aromatic heterocycles. The SMILES string of the molecule is NC(CS)C(=O)NC(Cc1c[nH]c2ccccc12)C(=O)NC(Cc1ccc(O)cc1)C(=O)O. The van der Waals surface area contributed by atoms with Gasteiger partial charge in [0.2, 0.25) is 11.8 Å². The minimum atomic E-state index is -1.23. The van der Waals surface area contributed by atoms with Gasteiger partial charge in [-0.15, -0.1) is 0 Å². The quantitative estimate of drug-likeness (QED) is 0.219. The second-order valence-electron chi connectivity index (χ2n) is 7.68. The van der Waals surface area contributed by atoms with Gasteiger partial charge in [-0.1, -0.05) is 30.3 Å². The van der Waals surface area contributed by atoms with Gasteiger partial charge >= 0.3 is 5.97 Å². The van der Waals surface area contributed by atoms with Crippen molar-refractivity contribution in [3.63, 3.8) is 0 Å². The van der Waals surface area contributed by atoms with Crippen molar-refractivity contribution in [2.45, 2.75) is 31.0 Å². The largest absolute Gasteiger partial charge is 0.508 e. The van der Waals surface area contributed by atoms with Crippen LogP contribution in [-0.4, -0.2) is 56.9 Å². The number of carboxylic acid groups (broad SMARTS) is 1. The standard InChI is InChI=1S/C23H26N4O5S/c24-17(12-33)21(29)26-19(10-14-11-25-18-4-2-1-3-16(14)18)22(30)27-20(23(31)32)9-13-5-7-15(28)8-6-13/h1-8,11,17,19-20,25,28,33H,9-10,12,24H2,(H,26,29)(H,27,30)(H,31,32). The molecule has 0 saturated carbocycles. The lowest BCUT2D eigenvalue weighted by Gasteiger charge is -2.22. The molecule has 0 bridgehead atoms. The maximum absolute atomic E-state index is 13.1. The molecule has 3 unspecified atom stereocenters. The zero-order valence-corrected chi connectivity index (χ0v) is 18.6. The number of hydrogen-bond acceptors (Lipinski definition) is 6. The Morgan fingerprint density at radius 1 is 0.970 bits per heavy atom. The van der Waals surface area contributed by atoms with E-state index in [1.165, 1.54) is 12.1 Å². The summed E-state index contributed by atoms with van der Waals surface area (Å²) in [7, 11) is 0. The normalized spacial score (nSPS) is 13.8. The van der Waals surface area contributed by atoms with Crippen LogP contribution in [0.15, 0.2) is 54.7 Å². The van der Waals surface area contributed by atoms with Gasteiger partial charge in [-0.05, 0) is 29.3 Å². The summed E-state index contributed by atoms with van der Waals surface area (Å²) in [4.78, 5) is 40.5. The molecule has 0 radical (unpaired) electrons. The van der Waals surface area contributed by atoms with Gasteiger partial charge in [0.25, 0.3) is 0 Å². The van der Waals surface area contributed by atoms with Crippen molar-refractivity contribution in [3.8, 4) is 5.75 Å². The topological polar surface area (TPSA) is 158 Å². The Bertz CT molecular complexity index is 1130. The lowest BCUT2D eigenvalue weighted by atomic mass is 10.0. The number of aromatic hydroxyl groups is 1. The number of para-hydroxylation sites is 1. The molecule has 3 rings (SSSR count). The molecule has 0 aliphatic carbocycles. The number of hydrogen-bond donors (Lipinski definition) is 7. The number of phenols is 1. The number of carboxylic acids is 1. The number of nitrogens with two attached hydrogens (primary N) is 1. The molecule has 174 valence electrons. The van der Waals surface area contributed by atoms with Crippen molar-refractivity contribution in [2.24, 2.45) is 5.73 Å². The molecular formula is C23H26N4O5S. The molecule has 0 aliphatic heterocycles. The molecule has 9 nitrogen and oxygen atoms in total. The summed E-state index contributed by atoms with van der Waals surface area (Å²) in [6, 6.07) is 10.4. The van der Waals surface area contributed by atoms with Crippen molar-refractivity contribution < 1.29 is 24.6 Å². The summed E-state index contributed by atoms with van der Waals surface area (Å²) in [6.07, 6.45) is 1.89. The van der Waals surface area contributed by atoms with Crippen LogP contribution in [-0.2, 0) is 27.2 Å². The van der Waals surface area contributed by atoms with Gasteiger partial charge in [0.05, 0.1) is 6.04 Å². The number of aliphatic carboxylic acids is 1. The zero-order chi connectivity index (χ0) is 24.0. The highest BCUT2D eigenvalue weighted by molar-refractivity contribution is 7.80. The van der Waals surface area contributed by atoms with Crippen LogP contribution in [0, 0.1) is 0 Å². The Labute approximate surface area is 195 Å². The van der Waals surface area contributed by atoms with Gasteiger partial charge in [-0.25, -0.2) is 4.79 Å². The number of carbonyl (C=O) groups excluding carboxylic acids is 2. The first-order valence-electron chi connectivity index (χ1n) is 10.3. The van der Waals surface area contributed by atoms with Gasteiger partial charge in [0.15, 0.2) is 0 Å². The summed E-state index contributed by atoms with van der Waals surface area (Å²) in [5.74, 6) is -2.29. The second-order valence-corrected chi connectivity index (χ2v) is 8.05. The first kappa shape index (κ1) is 24.1. The predicted octanol–water partition coefficient (Wildman–Crippen LogP) is 0.970. The van der Waals surface area contributed by atoms with Crippen molar-refractivity contribution in [1.29, 1.82) is 0 Å². The zero-order valence-electron chi connectivity index (χ0n) is 17.7. The molecule has 2 amide bonds. The molecule has 0 aliphatic rings. The smallest absolute Gasteiger partial charge is 0.326 e. The van der Waals surface area contributed by atoms with Crippen LogP contribution in [0.5, 0.6) is 5.75 Å². The maximum atomic E-state index is 13.1. The number of rotatable bonds is 10. The number of amides is 2. The summed E-state index contributed by atoms with van der Waals surface area (Å²) in [5, 5.41) is 25.1. The fraction of sp³-hybridized carbons (Fsp3) is 0.261. The van der Waals surface area contributed by atoms with Crippen LogP contribution in [0.3, 0.4) is 0 Å². The third-order valence-corrected chi connectivity index (χ3v) is 5.65. The van der Waals surface area contributed by atoms with Gasteiger partial charge in [-0.3, -0.25) is 9.59 Å². The van der Waals surface area contributed by atoms with E-state index >= 15 is 0 Å². The highest BCUT2D eigenvalue weighted by Crippen LogP contribution is 2.19. The van der Waals surface area contributed by atoms with E-state index < -0.39 is 35.9 Å². The molecule has 1 heterocycles. The Balaban J connectivity index is 1.81. The number of thiol groups is 1. The first-order chi connectivity index (χ1) is 15.8. The van der Waals surface area contributed by atoms with Gasteiger partial charge in [-0.2, -0.15) is 12.6 Å². The van der Waals surface area contributed by atoms with Crippen molar-refractivity contribution in [3.05, 3.63) is 65.9 Å². The van der Waals surface area contributed by atoms with Crippen LogP contribution in [0.2, 0.25) is 0 Å². The van der Waals surface area contributed by atoms with Crippen molar-refractivity contribution >= 4 is 41.3 Å². The minimum absolute atomic E-state index is 0.00522.